The molecule has 0 spiro atoms. The lowest BCUT2D eigenvalue weighted by atomic mass is 9.80. The number of methoxy groups -OCH3 is 1. The van der Waals surface area contributed by atoms with Gasteiger partial charge in [-0.1, -0.05) is 32.9 Å². The third-order valence-corrected chi connectivity index (χ3v) is 3.42. The first-order chi connectivity index (χ1) is 8.96. The van der Waals surface area contributed by atoms with Crippen molar-refractivity contribution in [2.75, 3.05) is 13.7 Å². The molecule has 0 heterocycles. The van der Waals surface area contributed by atoms with Gasteiger partial charge in [-0.2, -0.15) is 0 Å². The SMILES string of the molecule is CCCNC(C)CC(C)(C)Cc1cccc(OC)c1. The average Bonchev–Trinajstić information content (AvgIpc) is 2.35. The van der Waals surface area contributed by atoms with Crippen LogP contribution in [0.1, 0.15) is 46.1 Å². The predicted molar refractivity (Wildman–Crippen MR) is 82.9 cm³/mol. The second kappa shape index (κ2) is 7.54. The number of rotatable bonds is 8. The first kappa shape index (κ1) is 16.0. The van der Waals surface area contributed by atoms with Gasteiger partial charge in [-0.15, -0.1) is 0 Å². The zero-order valence-corrected chi connectivity index (χ0v) is 13.1. The molecule has 108 valence electrons. The number of benzene rings is 1. The Kier molecular flexibility index (Phi) is 6.36. The molecule has 2 heteroatoms. The maximum Gasteiger partial charge on any atom is 0.119 e. The standard InChI is InChI=1S/C17H29NO/c1-6-10-18-14(2)12-17(3,4)13-15-8-7-9-16(11-15)19-5/h7-9,11,14,18H,6,10,12-13H2,1-5H3. The molecule has 2 nitrogen and oxygen atoms in total. The normalized spacial score (nSPS) is 13.3. The summed E-state index contributed by atoms with van der Waals surface area (Å²) in [7, 11) is 1.72. The lowest BCUT2D eigenvalue weighted by Gasteiger charge is -2.29. The average molecular weight is 263 g/mol. The van der Waals surface area contributed by atoms with Gasteiger partial charge < -0.3 is 10.1 Å². The van der Waals surface area contributed by atoms with Crippen molar-refractivity contribution in [3.63, 3.8) is 0 Å². The molecule has 0 aliphatic rings. The van der Waals surface area contributed by atoms with E-state index in [9.17, 15) is 0 Å². The summed E-state index contributed by atoms with van der Waals surface area (Å²) in [6.45, 7) is 10.3. The van der Waals surface area contributed by atoms with Crippen molar-refractivity contribution in [2.24, 2.45) is 5.41 Å². The van der Waals surface area contributed by atoms with Crippen molar-refractivity contribution in [1.82, 2.24) is 5.32 Å². The van der Waals surface area contributed by atoms with Crippen molar-refractivity contribution < 1.29 is 4.74 Å². The monoisotopic (exact) mass is 263 g/mol. The molecule has 1 atom stereocenters. The molecule has 1 rings (SSSR count). The second-order valence-corrected chi connectivity index (χ2v) is 6.25. The Morgan fingerprint density at radius 3 is 2.68 bits per heavy atom. The van der Waals surface area contributed by atoms with Crippen LogP contribution >= 0.6 is 0 Å². The first-order valence-electron chi connectivity index (χ1n) is 7.33. The van der Waals surface area contributed by atoms with Crippen LogP contribution in [0.25, 0.3) is 0 Å². The number of nitrogens with one attached hydrogen (secondary N) is 1. The molecule has 0 aliphatic heterocycles. The minimum Gasteiger partial charge on any atom is -0.497 e. The van der Waals surface area contributed by atoms with E-state index < -0.39 is 0 Å². The van der Waals surface area contributed by atoms with Crippen LogP contribution in [0.3, 0.4) is 0 Å². The zero-order valence-electron chi connectivity index (χ0n) is 13.1. The summed E-state index contributed by atoms with van der Waals surface area (Å²) in [5.41, 5.74) is 1.65. The van der Waals surface area contributed by atoms with Crippen molar-refractivity contribution in [3.8, 4) is 5.75 Å². The Balaban J connectivity index is 2.57. The number of hydrogen-bond acceptors (Lipinski definition) is 2. The van der Waals surface area contributed by atoms with E-state index in [2.05, 4.69) is 51.2 Å². The highest BCUT2D eigenvalue weighted by Crippen LogP contribution is 2.28. The Morgan fingerprint density at radius 1 is 1.32 bits per heavy atom. The van der Waals surface area contributed by atoms with Crippen molar-refractivity contribution in [2.45, 2.75) is 53.0 Å². The van der Waals surface area contributed by atoms with Gasteiger partial charge in [0.1, 0.15) is 5.75 Å². The van der Waals surface area contributed by atoms with E-state index >= 15 is 0 Å². The van der Waals surface area contributed by atoms with Crippen molar-refractivity contribution in [1.29, 1.82) is 0 Å². The fourth-order valence-corrected chi connectivity index (χ4v) is 2.70. The fourth-order valence-electron chi connectivity index (χ4n) is 2.70. The van der Waals surface area contributed by atoms with Gasteiger partial charge in [0, 0.05) is 6.04 Å². The topological polar surface area (TPSA) is 21.3 Å². The van der Waals surface area contributed by atoms with Crippen LogP contribution in [-0.4, -0.2) is 19.7 Å². The van der Waals surface area contributed by atoms with Gasteiger partial charge in [0.25, 0.3) is 0 Å². The van der Waals surface area contributed by atoms with E-state index in [4.69, 9.17) is 4.74 Å². The maximum atomic E-state index is 5.29. The second-order valence-electron chi connectivity index (χ2n) is 6.25. The Labute approximate surface area is 118 Å². The molecule has 0 fully saturated rings. The van der Waals surface area contributed by atoms with Crippen LogP contribution in [0.2, 0.25) is 0 Å². The minimum atomic E-state index is 0.298. The molecule has 0 bridgehead atoms. The third kappa shape index (κ3) is 6.11. The van der Waals surface area contributed by atoms with Crippen LogP contribution in [-0.2, 0) is 6.42 Å². The molecule has 19 heavy (non-hydrogen) atoms. The van der Waals surface area contributed by atoms with Crippen LogP contribution in [0.4, 0.5) is 0 Å². The number of ether oxygens (including phenoxy) is 1. The summed E-state index contributed by atoms with van der Waals surface area (Å²) >= 11 is 0. The Bertz CT molecular complexity index is 373. The van der Waals surface area contributed by atoms with E-state index in [1.807, 2.05) is 6.07 Å². The van der Waals surface area contributed by atoms with Crippen LogP contribution in [0.15, 0.2) is 24.3 Å². The third-order valence-electron chi connectivity index (χ3n) is 3.42. The number of hydrogen-bond donors (Lipinski definition) is 1. The molecule has 0 aromatic heterocycles. The Hall–Kier alpha value is -1.02. The van der Waals surface area contributed by atoms with E-state index in [0.29, 0.717) is 11.5 Å². The lowest BCUT2D eigenvalue weighted by molar-refractivity contribution is 0.286. The predicted octanol–water partition coefficient (Wildman–Crippen LogP) is 4.04. The van der Waals surface area contributed by atoms with Gasteiger partial charge >= 0.3 is 0 Å². The van der Waals surface area contributed by atoms with E-state index in [1.165, 1.54) is 18.4 Å². The Morgan fingerprint density at radius 2 is 2.05 bits per heavy atom. The van der Waals surface area contributed by atoms with Gasteiger partial charge in [-0.3, -0.25) is 0 Å². The fraction of sp³-hybridized carbons (Fsp3) is 0.647. The van der Waals surface area contributed by atoms with Gasteiger partial charge in [-0.05, 0) is 55.8 Å². The summed E-state index contributed by atoms with van der Waals surface area (Å²) < 4.78 is 5.29. The summed E-state index contributed by atoms with van der Waals surface area (Å²) in [6.07, 6.45) is 3.47. The smallest absolute Gasteiger partial charge is 0.119 e. The van der Waals surface area contributed by atoms with Gasteiger partial charge in [-0.25, -0.2) is 0 Å². The molecule has 0 aliphatic carbocycles. The zero-order chi connectivity index (χ0) is 14.3. The van der Waals surface area contributed by atoms with Gasteiger partial charge in [0.05, 0.1) is 7.11 Å². The summed E-state index contributed by atoms with van der Waals surface area (Å²) in [5, 5.41) is 3.57. The van der Waals surface area contributed by atoms with E-state index in [1.54, 1.807) is 7.11 Å². The molecule has 1 unspecified atom stereocenters. The molecular weight excluding hydrogens is 234 g/mol. The van der Waals surface area contributed by atoms with Crippen molar-refractivity contribution >= 4 is 0 Å². The van der Waals surface area contributed by atoms with Gasteiger partial charge in [0.15, 0.2) is 0 Å². The highest BCUT2D eigenvalue weighted by Gasteiger charge is 2.21. The van der Waals surface area contributed by atoms with Crippen LogP contribution in [0, 0.1) is 5.41 Å². The summed E-state index contributed by atoms with van der Waals surface area (Å²) in [6, 6.07) is 8.98. The van der Waals surface area contributed by atoms with Crippen molar-refractivity contribution in [3.05, 3.63) is 29.8 Å². The van der Waals surface area contributed by atoms with E-state index in [0.717, 1.165) is 18.7 Å². The molecule has 1 N–H and O–H groups in total. The van der Waals surface area contributed by atoms with Crippen LogP contribution in [0.5, 0.6) is 5.75 Å². The molecule has 0 amide bonds. The highest BCUT2D eigenvalue weighted by atomic mass is 16.5. The highest BCUT2D eigenvalue weighted by molar-refractivity contribution is 5.29. The maximum absolute atomic E-state index is 5.29. The summed E-state index contributed by atoms with van der Waals surface area (Å²) in [5.74, 6) is 0.949. The molecule has 1 aromatic rings. The molecular formula is C17H29NO. The minimum absolute atomic E-state index is 0.298. The lowest BCUT2D eigenvalue weighted by Crippen LogP contribution is -2.32. The van der Waals surface area contributed by atoms with Gasteiger partial charge in [0.2, 0.25) is 0 Å². The van der Waals surface area contributed by atoms with Crippen LogP contribution < -0.4 is 10.1 Å². The quantitative estimate of drug-likeness (QED) is 0.764. The first-order valence-corrected chi connectivity index (χ1v) is 7.33. The summed E-state index contributed by atoms with van der Waals surface area (Å²) in [4.78, 5) is 0. The largest absolute Gasteiger partial charge is 0.497 e. The molecule has 0 saturated heterocycles. The molecule has 0 saturated carbocycles. The molecule has 0 radical (unpaired) electrons. The van der Waals surface area contributed by atoms with E-state index in [-0.39, 0.29) is 0 Å². The molecule has 1 aromatic carbocycles.